The Hall–Kier alpha value is -2.21. The number of nitrogens with two attached hydrogens (primary N) is 1. The molecular weight excluding hydrogens is 278 g/mol. The molecule has 2 N–H and O–H groups in total. The van der Waals surface area contributed by atoms with Crippen LogP contribution < -0.4 is 15.4 Å². The van der Waals surface area contributed by atoms with Crippen LogP contribution in [-0.4, -0.2) is 56.0 Å². The lowest BCUT2D eigenvalue weighted by Crippen LogP contribution is -2.28. The standard InChI is InChI=1S/C16H25N5O/c1-19(2)6-7-20(3)15-9-16(22-5)14(17)8-13(15)12-10-18-21(4)11-12/h8-11H,6-7,17H2,1-5H3. The average Bonchev–Trinajstić information content (AvgIpc) is 2.90. The van der Waals surface area contributed by atoms with Gasteiger partial charge in [0.15, 0.2) is 0 Å². The summed E-state index contributed by atoms with van der Waals surface area (Å²) in [7, 11) is 9.76. The zero-order chi connectivity index (χ0) is 16.3. The van der Waals surface area contributed by atoms with E-state index in [-0.39, 0.29) is 0 Å². The molecule has 0 radical (unpaired) electrons. The second-order valence-electron chi connectivity index (χ2n) is 5.74. The van der Waals surface area contributed by atoms with Gasteiger partial charge in [-0.15, -0.1) is 0 Å². The first-order valence-corrected chi connectivity index (χ1v) is 7.24. The van der Waals surface area contributed by atoms with E-state index in [4.69, 9.17) is 10.5 Å². The van der Waals surface area contributed by atoms with Gasteiger partial charge in [0, 0.05) is 56.3 Å². The van der Waals surface area contributed by atoms with Crippen LogP contribution in [0.15, 0.2) is 24.5 Å². The van der Waals surface area contributed by atoms with Crippen molar-refractivity contribution in [1.29, 1.82) is 0 Å². The number of benzene rings is 1. The number of likely N-dealkylation sites (N-methyl/N-ethyl adjacent to an activating group) is 2. The monoisotopic (exact) mass is 303 g/mol. The number of aryl methyl sites for hydroxylation is 1. The molecule has 1 aromatic heterocycles. The van der Waals surface area contributed by atoms with Gasteiger partial charge in [-0.25, -0.2) is 0 Å². The predicted octanol–water partition coefficient (Wildman–Crippen LogP) is 1.68. The van der Waals surface area contributed by atoms with Gasteiger partial charge in [-0.05, 0) is 20.2 Å². The largest absolute Gasteiger partial charge is 0.495 e. The molecule has 1 heterocycles. The van der Waals surface area contributed by atoms with Gasteiger partial charge >= 0.3 is 0 Å². The van der Waals surface area contributed by atoms with Crippen LogP contribution in [0, 0.1) is 0 Å². The van der Waals surface area contributed by atoms with E-state index >= 15 is 0 Å². The molecule has 0 atom stereocenters. The number of hydrogen-bond acceptors (Lipinski definition) is 5. The van der Waals surface area contributed by atoms with Crippen molar-refractivity contribution < 1.29 is 4.74 Å². The summed E-state index contributed by atoms with van der Waals surface area (Å²) in [4.78, 5) is 4.37. The summed E-state index contributed by atoms with van der Waals surface area (Å²) in [5, 5.41) is 4.26. The summed E-state index contributed by atoms with van der Waals surface area (Å²) >= 11 is 0. The Morgan fingerprint density at radius 2 is 1.95 bits per heavy atom. The Morgan fingerprint density at radius 3 is 2.50 bits per heavy atom. The number of methoxy groups -OCH3 is 1. The first-order chi connectivity index (χ1) is 10.4. The smallest absolute Gasteiger partial charge is 0.143 e. The number of aromatic nitrogens is 2. The molecule has 0 amide bonds. The molecule has 0 bridgehead atoms. The van der Waals surface area contributed by atoms with Crippen LogP contribution in [0.2, 0.25) is 0 Å². The predicted molar refractivity (Wildman–Crippen MR) is 91.4 cm³/mol. The van der Waals surface area contributed by atoms with Gasteiger partial charge in [0.25, 0.3) is 0 Å². The molecule has 22 heavy (non-hydrogen) atoms. The number of hydrogen-bond donors (Lipinski definition) is 1. The number of nitrogens with zero attached hydrogens (tertiary/aromatic N) is 4. The molecule has 0 fully saturated rings. The lowest BCUT2D eigenvalue weighted by Gasteiger charge is -2.25. The minimum Gasteiger partial charge on any atom is -0.495 e. The van der Waals surface area contributed by atoms with E-state index in [1.807, 2.05) is 31.6 Å². The minimum atomic E-state index is 0.631. The van der Waals surface area contributed by atoms with Gasteiger partial charge in [0.1, 0.15) is 5.75 Å². The van der Waals surface area contributed by atoms with Gasteiger partial charge in [-0.3, -0.25) is 4.68 Å². The normalized spacial score (nSPS) is 11.0. The SMILES string of the molecule is COc1cc(N(C)CCN(C)C)c(-c2cnn(C)c2)cc1N. The van der Waals surface area contributed by atoms with E-state index in [2.05, 4.69) is 36.0 Å². The van der Waals surface area contributed by atoms with Crippen molar-refractivity contribution in [3.63, 3.8) is 0 Å². The molecule has 0 aliphatic heterocycles. The van der Waals surface area contributed by atoms with Crippen molar-refractivity contribution in [1.82, 2.24) is 14.7 Å². The van der Waals surface area contributed by atoms with Crippen LogP contribution in [-0.2, 0) is 7.05 Å². The first kappa shape index (κ1) is 16.2. The molecule has 6 nitrogen and oxygen atoms in total. The van der Waals surface area contributed by atoms with Crippen molar-refractivity contribution in [2.24, 2.45) is 7.05 Å². The molecule has 0 aliphatic carbocycles. The highest BCUT2D eigenvalue weighted by Crippen LogP contribution is 2.37. The van der Waals surface area contributed by atoms with E-state index in [0.717, 1.165) is 29.9 Å². The van der Waals surface area contributed by atoms with Gasteiger partial charge < -0.3 is 20.3 Å². The second kappa shape index (κ2) is 6.70. The topological polar surface area (TPSA) is 59.5 Å². The zero-order valence-corrected chi connectivity index (χ0v) is 14.0. The minimum absolute atomic E-state index is 0.631. The third-order valence-electron chi connectivity index (χ3n) is 3.66. The van der Waals surface area contributed by atoms with Crippen molar-refractivity contribution in [3.05, 3.63) is 24.5 Å². The van der Waals surface area contributed by atoms with Gasteiger partial charge in [0.2, 0.25) is 0 Å². The molecule has 2 aromatic rings. The molecule has 0 aliphatic rings. The molecular formula is C16H25N5O. The number of nitrogen functional groups attached to an aromatic ring is 1. The molecule has 0 saturated heterocycles. The maximum atomic E-state index is 6.09. The Kier molecular flexibility index (Phi) is 4.92. The Morgan fingerprint density at radius 1 is 1.23 bits per heavy atom. The third-order valence-corrected chi connectivity index (χ3v) is 3.66. The summed E-state index contributed by atoms with van der Waals surface area (Å²) in [6.07, 6.45) is 3.84. The summed E-state index contributed by atoms with van der Waals surface area (Å²) < 4.78 is 7.17. The fourth-order valence-corrected chi connectivity index (χ4v) is 2.34. The molecule has 0 saturated carbocycles. The highest BCUT2D eigenvalue weighted by Gasteiger charge is 2.15. The fourth-order valence-electron chi connectivity index (χ4n) is 2.34. The molecule has 1 aromatic carbocycles. The van der Waals surface area contributed by atoms with Crippen LogP contribution in [0.25, 0.3) is 11.1 Å². The molecule has 120 valence electrons. The van der Waals surface area contributed by atoms with Gasteiger partial charge in [-0.1, -0.05) is 0 Å². The van der Waals surface area contributed by atoms with Crippen LogP contribution >= 0.6 is 0 Å². The highest BCUT2D eigenvalue weighted by molar-refractivity contribution is 5.83. The summed E-state index contributed by atoms with van der Waals surface area (Å²) in [5.74, 6) is 0.694. The maximum Gasteiger partial charge on any atom is 0.143 e. The quantitative estimate of drug-likeness (QED) is 0.823. The molecule has 0 spiro atoms. The molecule has 2 rings (SSSR count). The number of anilines is 2. The van der Waals surface area contributed by atoms with Crippen LogP contribution in [0.3, 0.4) is 0 Å². The second-order valence-corrected chi connectivity index (χ2v) is 5.74. The summed E-state index contributed by atoms with van der Waals surface area (Å²) in [5.41, 5.74) is 9.91. The lowest BCUT2D eigenvalue weighted by atomic mass is 10.0. The number of ether oxygens (including phenoxy) is 1. The lowest BCUT2D eigenvalue weighted by molar-refractivity contribution is 0.413. The van der Waals surface area contributed by atoms with Crippen molar-refractivity contribution >= 4 is 11.4 Å². The maximum absolute atomic E-state index is 6.09. The van der Waals surface area contributed by atoms with E-state index in [1.54, 1.807) is 11.8 Å². The molecule has 0 unspecified atom stereocenters. The van der Waals surface area contributed by atoms with Gasteiger partial charge in [-0.2, -0.15) is 5.10 Å². The van der Waals surface area contributed by atoms with Crippen molar-refractivity contribution in [3.8, 4) is 16.9 Å². The van der Waals surface area contributed by atoms with E-state index in [0.29, 0.717) is 11.4 Å². The van der Waals surface area contributed by atoms with Gasteiger partial charge in [0.05, 0.1) is 19.0 Å². The zero-order valence-electron chi connectivity index (χ0n) is 14.0. The van der Waals surface area contributed by atoms with Crippen LogP contribution in [0.1, 0.15) is 0 Å². The third kappa shape index (κ3) is 3.51. The summed E-state index contributed by atoms with van der Waals surface area (Å²) in [6, 6.07) is 3.95. The average molecular weight is 303 g/mol. The Balaban J connectivity index is 2.44. The van der Waals surface area contributed by atoms with E-state index < -0.39 is 0 Å². The summed E-state index contributed by atoms with van der Waals surface area (Å²) in [6.45, 7) is 1.88. The fraction of sp³-hybridized carbons (Fsp3) is 0.438. The first-order valence-electron chi connectivity index (χ1n) is 7.24. The Bertz CT molecular complexity index is 635. The van der Waals surface area contributed by atoms with Crippen molar-refractivity contribution in [2.75, 3.05) is 52.0 Å². The Labute approximate surface area is 132 Å². The van der Waals surface area contributed by atoms with E-state index in [1.165, 1.54) is 0 Å². The highest BCUT2D eigenvalue weighted by atomic mass is 16.5. The molecule has 6 heteroatoms. The van der Waals surface area contributed by atoms with Crippen LogP contribution in [0.4, 0.5) is 11.4 Å². The number of rotatable bonds is 6. The van der Waals surface area contributed by atoms with E-state index in [9.17, 15) is 0 Å². The van der Waals surface area contributed by atoms with Crippen molar-refractivity contribution in [2.45, 2.75) is 0 Å². The van der Waals surface area contributed by atoms with Crippen LogP contribution in [0.5, 0.6) is 5.75 Å².